The quantitative estimate of drug-likeness (QED) is 0.440. The van der Waals surface area contributed by atoms with Gasteiger partial charge in [0.2, 0.25) is 5.75 Å². The number of rotatable bonds is 4. The highest BCUT2D eigenvalue weighted by atomic mass is 79.9. The third kappa shape index (κ3) is 7.86. The van der Waals surface area contributed by atoms with Crippen LogP contribution in [0.3, 0.4) is 0 Å². The van der Waals surface area contributed by atoms with E-state index in [1.807, 2.05) is 45.9 Å². The zero-order chi connectivity index (χ0) is 23.0. The van der Waals surface area contributed by atoms with Crippen LogP contribution in [-0.4, -0.2) is 14.2 Å². The molecule has 0 spiro atoms. The Morgan fingerprint density at radius 1 is 0.800 bits per heavy atom. The predicted octanol–water partition coefficient (Wildman–Crippen LogP) is 8.57. The maximum Gasteiger partial charge on any atom is 0.204 e. The van der Waals surface area contributed by atoms with Crippen molar-refractivity contribution in [1.29, 1.82) is 0 Å². The van der Waals surface area contributed by atoms with Gasteiger partial charge in [-0.1, -0.05) is 62.5 Å². The summed E-state index contributed by atoms with van der Waals surface area (Å²) in [5.74, 6) is 4.77. The summed E-state index contributed by atoms with van der Waals surface area (Å²) in [7, 11) is 3.27. The molecular formula is C26H39BrO3. The topological polar surface area (TPSA) is 27.7 Å². The average Bonchev–Trinajstić information content (AvgIpc) is 3.45. The molecule has 0 unspecified atom stereocenters. The lowest BCUT2D eigenvalue weighted by Gasteiger charge is -2.20. The first kappa shape index (κ1) is 26.4. The smallest absolute Gasteiger partial charge is 0.204 e. The lowest BCUT2D eigenvalue weighted by molar-refractivity contribution is 0.333. The molecule has 0 aromatic heterocycles. The molecule has 1 aliphatic rings. The van der Waals surface area contributed by atoms with Crippen LogP contribution in [0.1, 0.15) is 62.8 Å². The van der Waals surface area contributed by atoms with E-state index in [-0.39, 0.29) is 0 Å². The second-order valence-electron chi connectivity index (χ2n) is 8.74. The van der Waals surface area contributed by atoms with Gasteiger partial charge in [-0.05, 0) is 68.4 Å². The fraction of sp³-hybridized carbons (Fsp3) is 0.538. The molecule has 1 aliphatic carbocycles. The highest BCUT2D eigenvalue weighted by Gasteiger charge is 2.20. The predicted molar refractivity (Wildman–Crippen MR) is 132 cm³/mol. The zero-order valence-corrected chi connectivity index (χ0v) is 22.0. The van der Waals surface area contributed by atoms with Crippen molar-refractivity contribution in [3.63, 3.8) is 0 Å². The van der Waals surface area contributed by atoms with Gasteiger partial charge in [-0.25, -0.2) is 0 Å². The molecule has 0 atom stereocenters. The normalized spacial score (nSPS) is 12.4. The molecule has 1 saturated carbocycles. The van der Waals surface area contributed by atoms with Crippen LogP contribution in [0.4, 0.5) is 0 Å². The first-order valence-electron chi connectivity index (χ1n) is 10.7. The Balaban J connectivity index is 0.000000472. The molecule has 0 amide bonds. The first-order chi connectivity index (χ1) is 14.0. The molecule has 0 heterocycles. The number of hydrogen-bond donors (Lipinski definition) is 0. The minimum absolute atomic E-state index is 0.624. The summed E-state index contributed by atoms with van der Waals surface area (Å²) < 4.78 is 18.3. The summed E-state index contributed by atoms with van der Waals surface area (Å²) in [6.45, 7) is 16.8. The minimum atomic E-state index is 0.624. The Morgan fingerprint density at radius 2 is 1.27 bits per heavy atom. The Kier molecular flexibility index (Phi) is 10.8. The fourth-order valence-corrected chi connectivity index (χ4v) is 3.02. The molecule has 2 aromatic rings. The van der Waals surface area contributed by atoms with E-state index >= 15 is 0 Å². The zero-order valence-electron chi connectivity index (χ0n) is 20.4. The van der Waals surface area contributed by atoms with Gasteiger partial charge in [-0.15, -0.1) is 0 Å². The largest absolute Gasteiger partial charge is 0.492 e. The lowest BCUT2D eigenvalue weighted by atomic mass is 10.1. The van der Waals surface area contributed by atoms with Crippen molar-refractivity contribution in [3.8, 4) is 23.0 Å². The van der Waals surface area contributed by atoms with Crippen molar-refractivity contribution in [2.24, 2.45) is 11.8 Å². The van der Waals surface area contributed by atoms with E-state index in [2.05, 4.69) is 43.6 Å². The van der Waals surface area contributed by atoms with Crippen LogP contribution in [0.2, 0.25) is 0 Å². The van der Waals surface area contributed by atoms with E-state index in [0.717, 1.165) is 44.3 Å². The Labute approximate surface area is 192 Å². The van der Waals surface area contributed by atoms with Crippen molar-refractivity contribution < 1.29 is 14.2 Å². The minimum Gasteiger partial charge on any atom is -0.492 e. The molecule has 0 radical (unpaired) electrons. The number of aryl methyl sites for hydroxylation is 3. The monoisotopic (exact) mass is 478 g/mol. The molecule has 30 heavy (non-hydrogen) atoms. The Hall–Kier alpha value is -1.68. The number of methoxy groups -OCH3 is 2. The molecule has 0 aliphatic heterocycles. The summed E-state index contributed by atoms with van der Waals surface area (Å²) in [5.41, 5.74) is 4.16. The van der Waals surface area contributed by atoms with Gasteiger partial charge in [0.1, 0.15) is 5.75 Å². The molecule has 0 saturated heterocycles. The van der Waals surface area contributed by atoms with Gasteiger partial charge in [-0.2, -0.15) is 0 Å². The highest BCUT2D eigenvalue weighted by molar-refractivity contribution is 9.10. The van der Waals surface area contributed by atoms with Gasteiger partial charge in [0.05, 0.1) is 14.2 Å². The van der Waals surface area contributed by atoms with Gasteiger partial charge in [-0.3, -0.25) is 0 Å². The number of halogens is 1. The molecule has 2 aromatic carbocycles. The van der Waals surface area contributed by atoms with Crippen molar-refractivity contribution >= 4 is 15.9 Å². The van der Waals surface area contributed by atoms with Crippen molar-refractivity contribution in [1.82, 2.24) is 0 Å². The van der Waals surface area contributed by atoms with Gasteiger partial charge < -0.3 is 14.2 Å². The van der Waals surface area contributed by atoms with Gasteiger partial charge in [0.25, 0.3) is 0 Å². The summed E-state index contributed by atoms with van der Waals surface area (Å²) >= 11 is 3.55. The number of hydrogen-bond acceptors (Lipinski definition) is 3. The summed E-state index contributed by atoms with van der Waals surface area (Å²) in [4.78, 5) is 0. The molecule has 1 fully saturated rings. The van der Waals surface area contributed by atoms with Crippen LogP contribution in [0.5, 0.6) is 23.0 Å². The highest BCUT2D eigenvalue weighted by Crippen LogP contribution is 2.45. The van der Waals surface area contributed by atoms with Gasteiger partial charge in [0, 0.05) is 10.0 Å². The van der Waals surface area contributed by atoms with Crippen LogP contribution in [0, 0.1) is 39.5 Å². The Morgan fingerprint density at radius 3 is 1.70 bits per heavy atom. The number of benzene rings is 2. The maximum absolute atomic E-state index is 6.24. The lowest BCUT2D eigenvalue weighted by Crippen LogP contribution is -2.00. The molecule has 4 heteroatoms. The van der Waals surface area contributed by atoms with E-state index in [4.69, 9.17) is 14.2 Å². The van der Waals surface area contributed by atoms with Crippen molar-refractivity contribution in [2.45, 2.75) is 68.2 Å². The summed E-state index contributed by atoms with van der Waals surface area (Å²) in [6, 6.07) is 6.09. The van der Waals surface area contributed by atoms with Crippen LogP contribution < -0.4 is 14.2 Å². The van der Waals surface area contributed by atoms with Crippen molar-refractivity contribution in [3.05, 3.63) is 44.9 Å². The molecule has 3 nitrogen and oxygen atoms in total. The Bertz CT molecular complexity index is 821. The molecule has 0 bridgehead atoms. The van der Waals surface area contributed by atoms with E-state index in [1.54, 1.807) is 14.2 Å². The third-order valence-electron chi connectivity index (χ3n) is 4.58. The maximum atomic E-state index is 6.24. The average molecular weight is 479 g/mol. The number of ether oxygens (including phenoxy) is 3. The van der Waals surface area contributed by atoms with Crippen LogP contribution in [0.25, 0.3) is 0 Å². The SMILES string of the molecule is CC(C)C.CC1CC1.COc1c(C)cc(C)c(Oc2c(C)ccc(Br)c2C)c1OC. The first-order valence-corrected chi connectivity index (χ1v) is 11.5. The second-order valence-corrected chi connectivity index (χ2v) is 9.60. The van der Waals surface area contributed by atoms with Crippen LogP contribution in [0.15, 0.2) is 22.7 Å². The standard InChI is InChI=1S/C18H21BrO3.C4H8.C4H10/c1-10-7-8-14(19)13(4)15(10)22-17-12(3)9-11(2)16(20-5)18(17)21-6;1-4-2-3-4;1-4(2)3/h7-9H,1-6H3;4H,2-3H2,1H3;4H,1-3H3. The second kappa shape index (κ2) is 12.2. The molecule has 3 rings (SSSR count). The third-order valence-corrected chi connectivity index (χ3v) is 5.44. The van der Waals surface area contributed by atoms with E-state index in [0.29, 0.717) is 17.2 Å². The fourth-order valence-electron chi connectivity index (χ4n) is 2.71. The van der Waals surface area contributed by atoms with E-state index < -0.39 is 0 Å². The molecule has 168 valence electrons. The van der Waals surface area contributed by atoms with Gasteiger partial charge in [0.15, 0.2) is 11.5 Å². The van der Waals surface area contributed by atoms with Crippen LogP contribution >= 0.6 is 15.9 Å². The van der Waals surface area contributed by atoms with E-state index in [9.17, 15) is 0 Å². The van der Waals surface area contributed by atoms with Crippen LogP contribution in [-0.2, 0) is 0 Å². The van der Waals surface area contributed by atoms with Gasteiger partial charge >= 0.3 is 0 Å². The summed E-state index contributed by atoms with van der Waals surface area (Å²) in [6.07, 6.45) is 2.97. The molecular weight excluding hydrogens is 440 g/mol. The van der Waals surface area contributed by atoms with Crippen molar-refractivity contribution in [2.75, 3.05) is 14.2 Å². The molecule has 0 N–H and O–H groups in total. The summed E-state index contributed by atoms with van der Waals surface area (Å²) in [5, 5.41) is 0. The van der Waals surface area contributed by atoms with E-state index in [1.165, 1.54) is 12.8 Å².